The predicted octanol–water partition coefficient (Wildman–Crippen LogP) is 2.59. The molecule has 1 saturated heterocycles. The van der Waals surface area contributed by atoms with Gasteiger partial charge in [0.2, 0.25) is 15.9 Å². The second kappa shape index (κ2) is 8.47. The highest BCUT2D eigenvalue weighted by Crippen LogP contribution is 2.40. The molecule has 1 aliphatic heterocycles. The monoisotopic (exact) mass is 447 g/mol. The lowest BCUT2D eigenvalue weighted by molar-refractivity contribution is -0.137. The minimum atomic E-state index is -4.52. The summed E-state index contributed by atoms with van der Waals surface area (Å²) < 4.78 is 65.5. The van der Waals surface area contributed by atoms with E-state index in [1.165, 1.54) is 4.31 Å². The highest BCUT2D eigenvalue weighted by Gasteiger charge is 2.47. The molecule has 30 heavy (non-hydrogen) atoms. The molecule has 1 saturated carbocycles. The number of halogens is 3. The number of nitrogens with zero attached hydrogens (tertiary/aromatic N) is 1. The molecule has 4 atom stereocenters. The largest absolute Gasteiger partial charge is 0.416 e. The highest BCUT2D eigenvalue weighted by molar-refractivity contribution is 7.89. The summed E-state index contributed by atoms with van der Waals surface area (Å²) in [4.78, 5) is 11.7. The molecule has 0 aromatic heterocycles. The first-order valence-electron chi connectivity index (χ1n) is 10.1. The minimum absolute atomic E-state index is 0.0148. The number of primary amides is 1. The van der Waals surface area contributed by atoms with E-state index in [0.29, 0.717) is 13.0 Å². The Kier molecular flexibility index (Phi) is 6.50. The summed E-state index contributed by atoms with van der Waals surface area (Å²) in [6.45, 7) is 4.61. The number of fused-ring (bicyclic) bond motifs is 1. The molecule has 1 heterocycles. The van der Waals surface area contributed by atoms with Crippen LogP contribution in [-0.2, 0) is 21.0 Å². The summed E-state index contributed by atoms with van der Waals surface area (Å²) in [6, 6.07) is 3.12. The van der Waals surface area contributed by atoms with Gasteiger partial charge in [-0.15, -0.1) is 0 Å². The highest BCUT2D eigenvalue weighted by atomic mass is 32.2. The molecule has 168 valence electrons. The number of benzene rings is 1. The summed E-state index contributed by atoms with van der Waals surface area (Å²) >= 11 is 0. The number of hydrogen-bond acceptors (Lipinski definition) is 4. The zero-order valence-electron chi connectivity index (χ0n) is 17.0. The smallest absolute Gasteiger partial charge is 0.368 e. The fraction of sp³-hybridized carbons (Fsp3) is 0.650. The van der Waals surface area contributed by atoms with E-state index in [4.69, 9.17) is 5.73 Å². The van der Waals surface area contributed by atoms with Crippen molar-refractivity contribution in [1.29, 1.82) is 0 Å². The molecular formula is C20H28F3N3O3S. The summed E-state index contributed by atoms with van der Waals surface area (Å²) in [5.74, 6) is 0.0641. The lowest BCUT2D eigenvalue weighted by Gasteiger charge is -2.26. The van der Waals surface area contributed by atoms with Crippen LogP contribution in [0.1, 0.15) is 38.7 Å². The summed E-state index contributed by atoms with van der Waals surface area (Å²) in [5, 5.41) is 3.33. The first-order chi connectivity index (χ1) is 13.9. The predicted molar refractivity (Wildman–Crippen MR) is 106 cm³/mol. The number of carbonyl (C=O) groups excluding carboxylic acids is 1. The van der Waals surface area contributed by atoms with Gasteiger partial charge < -0.3 is 11.1 Å². The molecular weight excluding hydrogens is 419 g/mol. The normalized spacial score (nSPS) is 26.1. The second-order valence-electron chi connectivity index (χ2n) is 8.70. The molecule has 0 unspecified atom stereocenters. The lowest BCUT2D eigenvalue weighted by Crippen LogP contribution is -2.49. The van der Waals surface area contributed by atoms with E-state index >= 15 is 0 Å². The number of sulfonamides is 1. The average Bonchev–Trinajstić information content (AvgIpc) is 3.22. The number of carbonyl (C=O) groups is 1. The second-order valence-corrected chi connectivity index (χ2v) is 10.6. The van der Waals surface area contributed by atoms with Crippen molar-refractivity contribution in [3.8, 4) is 0 Å². The Bertz CT molecular complexity index is 872. The van der Waals surface area contributed by atoms with Gasteiger partial charge in [-0.3, -0.25) is 4.79 Å². The third kappa shape index (κ3) is 4.81. The van der Waals surface area contributed by atoms with Gasteiger partial charge in [0.05, 0.1) is 16.5 Å². The van der Waals surface area contributed by atoms with E-state index in [2.05, 4.69) is 5.32 Å². The van der Waals surface area contributed by atoms with Crippen LogP contribution in [0.2, 0.25) is 0 Å². The summed E-state index contributed by atoms with van der Waals surface area (Å²) in [6.07, 6.45) is -2.24. The van der Waals surface area contributed by atoms with Crippen molar-refractivity contribution >= 4 is 15.9 Å². The Morgan fingerprint density at radius 3 is 2.37 bits per heavy atom. The Balaban J connectivity index is 1.71. The summed E-state index contributed by atoms with van der Waals surface area (Å²) in [5.41, 5.74) is 4.65. The molecule has 2 fully saturated rings. The van der Waals surface area contributed by atoms with Crippen LogP contribution in [0.4, 0.5) is 13.2 Å². The Morgan fingerprint density at radius 2 is 1.83 bits per heavy atom. The van der Waals surface area contributed by atoms with Gasteiger partial charge >= 0.3 is 6.18 Å². The van der Waals surface area contributed by atoms with E-state index in [-0.39, 0.29) is 35.2 Å². The van der Waals surface area contributed by atoms with Crippen LogP contribution in [0.3, 0.4) is 0 Å². The maximum Gasteiger partial charge on any atom is 0.416 e. The van der Waals surface area contributed by atoms with E-state index < -0.39 is 33.7 Å². The number of rotatable bonds is 7. The van der Waals surface area contributed by atoms with Gasteiger partial charge in [0, 0.05) is 19.1 Å². The summed E-state index contributed by atoms with van der Waals surface area (Å²) in [7, 11) is -3.88. The molecule has 1 aromatic carbocycles. The maximum atomic E-state index is 13.0. The van der Waals surface area contributed by atoms with Crippen molar-refractivity contribution in [3.05, 3.63) is 29.8 Å². The van der Waals surface area contributed by atoms with Crippen molar-refractivity contribution < 1.29 is 26.4 Å². The quantitative estimate of drug-likeness (QED) is 0.672. The number of amides is 1. The molecule has 3 rings (SSSR count). The van der Waals surface area contributed by atoms with Crippen LogP contribution in [-0.4, -0.2) is 43.8 Å². The van der Waals surface area contributed by atoms with Gasteiger partial charge in [-0.2, -0.15) is 17.5 Å². The average molecular weight is 448 g/mol. The van der Waals surface area contributed by atoms with Crippen molar-refractivity contribution in [2.75, 3.05) is 13.1 Å². The van der Waals surface area contributed by atoms with E-state index in [1.54, 1.807) is 0 Å². The fourth-order valence-corrected chi connectivity index (χ4v) is 6.12. The molecule has 1 amide bonds. The molecule has 0 spiro atoms. The van der Waals surface area contributed by atoms with Crippen LogP contribution < -0.4 is 11.1 Å². The first-order valence-corrected chi connectivity index (χ1v) is 11.6. The Morgan fingerprint density at radius 1 is 1.20 bits per heavy atom. The molecule has 0 radical (unpaired) electrons. The van der Waals surface area contributed by atoms with Gasteiger partial charge in [0.1, 0.15) is 0 Å². The molecule has 1 aromatic rings. The van der Waals surface area contributed by atoms with Crippen molar-refractivity contribution in [3.63, 3.8) is 0 Å². The SMILES string of the molecule is CC(C)C[C@H](N[C@H]1CC[C@@H]2CN(S(=O)(=O)c3ccc(C(F)(F)F)cc3)C[C@@H]21)C(N)=O. The molecule has 3 N–H and O–H groups in total. The van der Waals surface area contributed by atoms with Gasteiger partial charge in [-0.1, -0.05) is 13.8 Å². The Labute approximate surface area is 175 Å². The molecule has 1 aliphatic carbocycles. The van der Waals surface area contributed by atoms with Gasteiger partial charge in [-0.05, 0) is 61.3 Å². The van der Waals surface area contributed by atoms with Crippen LogP contribution in [0.15, 0.2) is 29.2 Å². The van der Waals surface area contributed by atoms with E-state index in [9.17, 15) is 26.4 Å². The third-order valence-corrected chi connectivity index (χ3v) is 7.95. The van der Waals surface area contributed by atoms with Crippen molar-refractivity contribution in [1.82, 2.24) is 9.62 Å². The zero-order chi connectivity index (χ0) is 22.3. The molecule has 6 nitrogen and oxygen atoms in total. The van der Waals surface area contributed by atoms with Crippen LogP contribution >= 0.6 is 0 Å². The number of alkyl halides is 3. The lowest BCUT2D eigenvalue weighted by atomic mass is 9.96. The van der Waals surface area contributed by atoms with Gasteiger partial charge in [0.25, 0.3) is 0 Å². The van der Waals surface area contributed by atoms with Crippen molar-refractivity contribution in [2.45, 2.75) is 56.3 Å². The van der Waals surface area contributed by atoms with E-state index in [0.717, 1.165) is 37.1 Å². The van der Waals surface area contributed by atoms with Crippen LogP contribution in [0.5, 0.6) is 0 Å². The first kappa shape index (κ1) is 23.0. The van der Waals surface area contributed by atoms with Crippen LogP contribution in [0, 0.1) is 17.8 Å². The number of nitrogens with one attached hydrogen (secondary N) is 1. The zero-order valence-corrected chi connectivity index (χ0v) is 17.8. The van der Waals surface area contributed by atoms with Gasteiger partial charge in [0.15, 0.2) is 0 Å². The number of nitrogens with two attached hydrogens (primary N) is 1. The van der Waals surface area contributed by atoms with Crippen LogP contribution in [0.25, 0.3) is 0 Å². The van der Waals surface area contributed by atoms with E-state index in [1.807, 2.05) is 13.8 Å². The topological polar surface area (TPSA) is 92.5 Å². The minimum Gasteiger partial charge on any atom is -0.368 e. The molecule has 2 aliphatic rings. The molecule has 0 bridgehead atoms. The molecule has 10 heteroatoms. The maximum absolute atomic E-state index is 13.0. The van der Waals surface area contributed by atoms with Gasteiger partial charge in [-0.25, -0.2) is 8.42 Å². The third-order valence-electron chi connectivity index (χ3n) is 6.11. The standard InChI is InChI=1S/C20H28F3N3O3S/c1-12(2)9-18(19(24)27)25-17-8-3-13-10-26(11-16(13)17)30(28,29)15-6-4-14(5-7-15)20(21,22)23/h4-7,12-13,16-18,25H,3,8-11H2,1-2H3,(H2,24,27)/t13-,16+,17+,18+/m1/s1. The fourth-order valence-electron chi connectivity index (χ4n) is 4.59. The van der Waals surface area contributed by atoms with Crippen molar-refractivity contribution in [2.24, 2.45) is 23.5 Å². The Hall–Kier alpha value is -1.65. The number of hydrogen-bond donors (Lipinski definition) is 2.